The zero-order chi connectivity index (χ0) is 24.8. The van der Waals surface area contributed by atoms with Gasteiger partial charge < -0.3 is 10.6 Å². The fraction of sp³-hybridized carbons (Fsp3) is 0.167. The van der Waals surface area contributed by atoms with E-state index in [1.165, 1.54) is 0 Å². The summed E-state index contributed by atoms with van der Waals surface area (Å²) >= 11 is 6.04. The second-order valence-corrected chi connectivity index (χ2v) is 8.91. The Kier molecular flexibility index (Phi) is 5.26. The summed E-state index contributed by atoms with van der Waals surface area (Å²) in [5.74, 6) is 2.48. The molecule has 11 nitrogen and oxygen atoms in total. The molecule has 1 aliphatic heterocycles. The minimum absolute atomic E-state index is 0.237. The third kappa shape index (κ3) is 3.89. The Bertz CT molecular complexity index is 1590. The monoisotopic (exact) mass is 500 g/mol. The maximum absolute atomic E-state index is 13.1. The molecule has 2 N–H and O–H groups in total. The summed E-state index contributed by atoms with van der Waals surface area (Å²) in [5, 5.41) is 19.9. The van der Waals surface area contributed by atoms with Crippen molar-refractivity contribution in [3.05, 3.63) is 77.3 Å². The molecule has 1 aliphatic rings. The minimum atomic E-state index is -0.364. The Labute approximate surface area is 210 Å². The second kappa shape index (κ2) is 8.61. The van der Waals surface area contributed by atoms with E-state index in [9.17, 15) is 4.79 Å². The van der Waals surface area contributed by atoms with Crippen LogP contribution in [0.15, 0.2) is 60.9 Å². The number of carbonyl (C=O) groups is 1. The molecule has 1 aromatic carbocycles. The van der Waals surface area contributed by atoms with Crippen molar-refractivity contribution in [1.82, 2.24) is 39.7 Å². The van der Waals surface area contributed by atoms with Crippen molar-refractivity contribution in [1.29, 1.82) is 0 Å². The fourth-order valence-electron chi connectivity index (χ4n) is 4.25. The van der Waals surface area contributed by atoms with E-state index in [1.54, 1.807) is 29.0 Å². The number of aromatic nitrogens is 7. The molecular weight excluding hydrogens is 480 g/mol. The first-order valence-electron chi connectivity index (χ1n) is 11.2. The first kappa shape index (κ1) is 22.0. The normalized spacial score (nSPS) is 15.1. The van der Waals surface area contributed by atoms with Crippen molar-refractivity contribution >= 4 is 40.9 Å². The van der Waals surface area contributed by atoms with Crippen LogP contribution >= 0.6 is 11.6 Å². The fourth-order valence-corrected chi connectivity index (χ4v) is 4.37. The van der Waals surface area contributed by atoms with Gasteiger partial charge in [0.15, 0.2) is 11.5 Å². The highest BCUT2D eigenvalue weighted by molar-refractivity contribution is 6.30. The first-order valence-corrected chi connectivity index (χ1v) is 11.6. The van der Waals surface area contributed by atoms with Crippen molar-refractivity contribution in [3.63, 3.8) is 0 Å². The van der Waals surface area contributed by atoms with Crippen molar-refractivity contribution in [2.24, 2.45) is 7.05 Å². The summed E-state index contributed by atoms with van der Waals surface area (Å²) in [6.45, 7) is 0. The number of nitrogens with zero attached hydrogens (tertiary/aromatic N) is 8. The summed E-state index contributed by atoms with van der Waals surface area (Å²) in [5.41, 5.74) is 3.09. The number of rotatable bonds is 5. The molecule has 0 saturated heterocycles. The smallest absolute Gasteiger partial charge is 0.323 e. The molecule has 0 spiro atoms. The van der Waals surface area contributed by atoms with Gasteiger partial charge in [0.05, 0.1) is 17.9 Å². The van der Waals surface area contributed by atoms with Crippen molar-refractivity contribution in [2.45, 2.75) is 12.5 Å². The summed E-state index contributed by atoms with van der Waals surface area (Å²) < 4.78 is 3.60. The highest BCUT2D eigenvalue weighted by Crippen LogP contribution is 2.31. The van der Waals surface area contributed by atoms with Crippen LogP contribution in [-0.2, 0) is 13.5 Å². The van der Waals surface area contributed by atoms with Crippen LogP contribution in [-0.4, -0.2) is 47.4 Å². The lowest BCUT2D eigenvalue weighted by molar-refractivity contribution is 0.244. The number of carbonyl (C=O) groups excluding carboxylic acids is 1. The molecule has 2 amide bonds. The highest BCUT2D eigenvalue weighted by Gasteiger charge is 2.30. The van der Waals surface area contributed by atoms with E-state index in [4.69, 9.17) is 11.6 Å². The molecule has 6 rings (SSSR count). The molecule has 1 atom stereocenters. The molecular formula is C24H21ClN10O. The Hall–Kier alpha value is -4.51. The second-order valence-electron chi connectivity index (χ2n) is 8.48. The third-order valence-corrected chi connectivity index (χ3v) is 6.39. The molecule has 5 heterocycles. The van der Waals surface area contributed by atoms with Crippen LogP contribution in [0.4, 0.5) is 22.4 Å². The van der Waals surface area contributed by atoms with E-state index >= 15 is 0 Å². The van der Waals surface area contributed by atoms with Gasteiger partial charge >= 0.3 is 6.03 Å². The maximum atomic E-state index is 13.1. The van der Waals surface area contributed by atoms with Crippen LogP contribution in [0.5, 0.6) is 0 Å². The van der Waals surface area contributed by atoms with Crippen LogP contribution in [0.2, 0.25) is 5.02 Å². The number of hydrogen-bond donors (Lipinski definition) is 2. The molecule has 0 saturated carbocycles. The Balaban J connectivity index is 1.40. The lowest BCUT2D eigenvalue weighted by Crippen LogP contribution is -2.38. The Morgan fingerprint density at radius 3 is 2.67 bits per heavy atom. The lowest BCUT2D eigenvalue weighted by Gasteiger charge is -2.18. The molecule has 0 bridgehead atoms. The van der Waals surface area contributed by atoms with Gasteiger partial charge in [-0.3, -0.25) is 14.0 Å². The largest absolute Gasteiger partial charge is 0.327 e. The molecule has 0 fully saturated rings. The Morgan fingerprint density at radius 1 is 1.06 bits per heavy atom. The molecule has 12 heteroatoms. The van der Waals surface area contributed by atoms with E-state index in [-0.39, 0.29) is 12.1 Å². The summed E-state index contributed by atoms with van der Waals surface area (Å²) in [6.07, 6.45) is 3.92. The van der Waals surface area contributed by atoms with Gasteiger partial charge in [-0.15, -0.1) is 10.2 Å². The van der Waals surface area contributed by atoms with E-state index in [2.05, 4.69) is 35.9 Å². The van der Waals surface area contributed by atoms with Crippen molar-refractivity contribution < 1.29 is 4.79 Å². The van der Waals surface area contributed by atoms with Gasteiger partial charge in [-0.25, -0.2) is 14.8 Å². The van der Waals surface area contributed by atoms with E-state index in [0.29, 0.717) is 40.4 Å². The van der Waals surface area contributed by atoms with Gasteiger partial charge in [-0.05, 0) is 35.9 Å². The van der Waals surface area contributed by atoms with Gasteiger partial charge in [0, 0.05) is 43.4 Å². The quantitative estimate of drug-likeness (QED) is 0.377. The van der Waals surface area contributed by atoms with Crippen LogP contribution in [0.25, 0.3) is 16.9 Å². The van der Waals surface area contributed by atoms with Crippen LogP contribution in [0.3, 0.4) is 0 Å². The average Bonchev–Trinajstić information content (AvgIpc) is 3.47. The highest BCUT2D eigenvalue weighted by atomic mass is 35.5. The number of nitrogens with one attached hydrogen (secondary N) is 2. The lowest BCUT2D eigenvalue weighted by atomic mass is 10.1. The summed E-state index contributed by atoms with van der Waals surface area (Å²) in [4.78, 5) is 23.6. The number of pyridine rings is 1. The molecule has 0 radical (unpaired) electrons. The molecule has 4 aromatic heterocycles. The number of anilines is 3. The topological polar surface area (TPSA) is 118 Å². The molecule has 0 aliphatic carbocycles. The van der Waals surface area contributed by atoms with E-state index in [0.717, 1.165) is 16.9 Å². The minimum Gasteiger partial charge on any atom is -0.327 e. The number of amides is 2. The summed E-state index contributed by atoms with van der Waals surface area (Å²) in [7, 11) is 3.55. The third-order valence-electron chi connectivity index (χ3n) is 6.13. The van der Waals surface area contributed by atoms with E-state index in [1.807, 2.05) is 60.0 Å². The van der Waals surface area contributed by atoms with Crippen LogP contribution < -0.4 is 15.5 Å². The first-order chi connectivity index (χ1) is 17.5. The number of urea groups is 1. The maximum Gasteiger partial charge on any atom is 0.323 e. The molecule has 180 valence electrons. The predicted molar refractivity (Wildman–Crippen MR) is 135 cm³/mol. The number of halogens is 1. The zero-order valence-electron chi connectivity index (χ0n) is 19.4. The van der Waals surface area contributed by atoms with Gasteiger partial charge in [0.25, 0.3) is 0 Å². The van der Waals surface area contributed by atoms with Crippen LogP contribution in [0.1, 0.15) is 17.4 Å². The van der Waals surface area contributed by atoms with Gasteiger partial charge in [-0.1, -0.05) is 23.7 Å². The number of hydrogen-bond acceptors (Lipinski definition) is 7. The zero-order valence-corrected chi connectivity index (χ0v) is 20.2. The molecule has 5 aromatic rings. The predicted octanol–water partition coefficient (Wildman–Crippen LogP) is 3.76. The van der Waals surface area contributed by atoms with Crippen LogP contribution in [0, 0.1) is 0 Å². The SMILES string of the molecule is CN1C(=O)N[C@H](Cc2ccc(Cl)cc2)c2nnc3cc(-c4ccnc(Nc5ccnn5C)n4)cc1n23. The van der Waals surface area contributed by atoms with Gasteiger partial charge in [0.2, 0.25) is 5.95 Å². The van der Waals surface area contributed by atoms with Crippen molar-refractivity contribution in [3.8, 4) is 11.3 Å². The van der Waals surface area contributed by atoms with Gasteiger partial charge in [0.1, 0.15) is 11.6 Å². The molecule has 36 heavy (non-hydrogen) atoms. The standard InChI is InChI=1S/C24H21ClN10O/c1-33-21-13-15(17-7-9-26-23(28-17)30-19-8-10-27-34(19)2)12-20-31-32-22(35(20)21)18(29-24(33)36)11-14-3-5-16(25)6-4-14/h3-10,12-13,18H,11H2,1-2H3,(H,29,36)(H,26,28,30)/t18-/m1/s1. The number of aryl methyl sites for hydroxylation is 1. The number of benzene rings is 1. The van der Waals surface area contributed by atoms with Gasteiger partial charge in [-0.2, -0.15) is 5.10 Å². The van der Waals surface area contributed by atoms with Crippen molar-refractivity contribution in [2.75, 3.05) is 17.3 Å². The average molecular weight is 501 g/mol. The van der Waals surface area contributed by atoms with E-state index < -0.39 is 0 Å². The Morgan fingerprint density at radius 2 is 1.89 bits per heavy atom. The molecule has 0 unspecified atom stereocenters. The summed E-state index contributed by atoms with van der Waals surface area (Å²) in [6, 6.07) is 14.4.